The Labute approximate surface area is 148 Å². The van der Waals surface area contributed by atoms with E-state index in [1.54, 1.807) is 41.4 Å². The van der Waals surface area contributed by atoms with Gasteiger partial charge in [-0.05, 0) is 32.3 Å². The molecule has 1 N–H and O–H groups in total. The maximum atomic E-state index is 12.8. The summed E-state index contributed by atoms with van der Waals surface area (Å²) >= 11 is 0. The quantitative estimate of drug-likeness (QED) is 0.555. The molecular formula is C18H18N6O2. The molecule has 8 nitrogen and oxygen atoms in total. The summed E-state index contributed by atoms with van der Waals surface area (Å²) in [5, 5.41) is 7.48. The van der Waals surface area contributed by atoms with Gasteiger partial charge >= 0.3 is 0 Å². The molecule has 4 aromatic heterocycles. The topological polar surface area (TPSA) is 88.8 Å². The molecule has 0 aromatic carbocycles. The molecule has 0 radical (unpaired) electrons. The van der Waals surface area contributed by atoms with E-state index < -0.39 is 0 Å². The van der Waals surface area contributed by atoms with Gasteiger partial charge in [-0.3, -0.25) is 19.3 Å². The first-order chi connectivity index (χ1) is 12.5. The first-order valence-corrected chi connectivity index (χ1v) is 8.24. The van der Waals surface area contributed by atoms with Crippen LogP contribution in [0, 0.1) is 0 Å². The number of hydrogen-bond donors (Lipinski definition) is 1. The largest absolute Gasteiger partial charge is 0.314 e. The van der Waals surface area contributed by atoms with Gasteiger partial charge in [0, 0.05) is 31.5 Å². The summed E-state index contributed by atoms with van der Waals surface area (Å²) in [5.41, 5.74) is 0.755. The Morgan fingerprint density at radius 1 is 1.04 bits per heavy atom. The molecule has 0 bridgehead atoms. The van der Waals surface area contributed by atoms with Crippen LogP contribution in [0.15, 0.2) is 52.4 Å². The highest BCUT2D eigenvalue weighted by Crippen LogP contribution is 2.15. The van der Waals surface area contributed by atoms with Crippen molar-refractivity contribution in [2.75, 3.05) is 20.6 Å². The number of aromatic amines is 1. The van der Waals surface area contributed by atoms with E-state index >= 15 is 0 Å². The number of aromatic nitrogens is 5. The van der Waals surface area contributed by atoms with E-state index in [1.165, 1.54) is 4.57 Å². The average molecular weight is 350 g/mol. The molecule has 0 unspecified atom stereocenters. The van der Waals surface area contributed by atoms with Crippen LogP contribution < -0.4 is 11.1 Å². The Morgan fingerprint density at radius 2 is 1.77 bits per heavy atom. The molecule has 0 aliphatic carbocycles. The van der Waals surface area contributed by atoms with Gasteiger partial charge in [0.15, 0.2) is 0 Å². The Morgan fingerprint density at radius 3 is 2.46 bits per heavy atom. The van der Waals surface area contributed by atoms with Crippen LogP contribution in [0.4, 0.5) is 0 Å². The fourth-order valence-electron chi connectivity index (χ4n) is 2.92. The minimum Gasteiger partial charge on any atom is -0.314 e. The smallest absolute Gasteiger partial charge is 0.265 e. The molecule has 132 valence electrons. The van der Waals surface area contributed by atoms with Gasteiger partial charge in [-0.1, -0.05) is 0 Å². The van der Waals surface area contributed by atoms with Crippen molar-refractivity contribution in [3.8, 4) is 5.82 Å². The second-order valence-corrected chi connectivity index (χ2v) is 6.40. The fraction of sp³-hybridized carbons (Fsp3) is 0.222. The van der Waals surface area contributed by atoms with Crippen LogP contribution in [0.1, 0.15) is 0 Å². The monoisotopic (exact) mass is 350 g/mol. The van der Waals surface area contributed by atoms with Crippen LogP contribution in [0.3, 0.4) is 0 Å². The Bertz CT molecular complexity index is 1200. The van der Waals surface area contributed by atoms with Crippen LogP contribution in [0.5, 0.6) is 0 Å². The standard InChI is InChI=1S/C18H18N6O2/c1-22(2)9-10-23-7-4-14-12(17(23)25)11-13-15(20-14)5-8-24(18(13)26)16-3-6-19-21-16/h3-8,11H,9-10H2,1-2H3,(H,19,21). The summed E-state index contributed by atoms with van der Waals surface area (Å²) in [6.07, 6.45) is 4.97. The van der Waals surface area contributed by atoms with Crippen molar-refractivity contribution < 1.29 is 0 Å². The number of nitrogens with one attached hydrogen (secondary N) is 1. The third-order valence-corrected chi connectivity index (χ3v) is 4.35. The maximum absolute atomic E-state index is 12.8. The van der Waals surface area contributed by atoms with Crippen molar-refractivity contribution in [3.63, 3.8) is 0 Å². The number of hydrogen-bond acceptors (Lipinski definition) is 5. The van der Waals surface area contributed by atoms with E-state index in [0.717, 1.165) is 6.54 Å². The number of H-pyrrole nitrogens is 1. The molecule has 0 amide bonds. The summed E-state index contributed by atoms with van der Waals surface area (Å²) in [5.74, 6) is 0.563. The summed E-state index contributed by atoms with van der Waals surface area (Å²) in [6, 6.07) is 6.91. The molecule has 4 aromatic rings. The number of rotatable bonds is 4. The van der Waals surface area contributed by atoms with Crippen LogP contribution >= 0.6 is 0 Å². The second-order valence-electron chi connectivity index (χ2n) is 6.40. The zero-order valence-electron chi connectivity index (χ0n) is 14.5. The highest BCUT2D eigenvalue weighted by molar-refractivity contribution is 5.91. The summed E-state index contributed by atoms with van der Waals surface area (Å²) in [6.45, 7) is 1.33. The molecule has 26 heavy (non-hydrogen) atoms. The zero-order valence-corrected chi connectivity index (χ0v) is 14.5. The van der Waals surface area contributed by atoms with Gasteiger partial charge in [-0.15, -0.1) is 0 Å². The molecule has 0 aliphatic heterocycles. The van der Waals surface area contributed by atoms with E-state index in [9.17, 15) is 9.59 Å². The molecule has 4 heterocycles. The number of nitrogens with zero attached hydrogens (tertiary/aromatic N) is 5. The van der Waals surface area contributed by atoms with Crippen LogP contribution in [0.25, 0.3) is 27.6 Å². The molecule has 0 saturated heterocycles. The lowest BCUT2D eigenvalue weighted by atomic mass is 10.2. The summed E-state index contributed by atoms with van der Waals surface area (Å²) in [7, 11) is 3.91. The predicted octanol–water partition coefficient (Wildman–Crippen LogP) is 0.985. The third-order valence-electron chi connectivity index (χ3n) is 4.35. The van der Waals surface area contributed by atoms with Gasteiger partial charge < -0.3 is 9.47 Å². The molecule has 0 saturated carbocycles. The number of likely N-dealkylation sites (N-methyl/N-ethyl adjacent to an activating group) is 1. The lowest BCUT2D eigenvalue weighted by Crippen LogP contribution is -2.26. The minimum atomic E-state index is -0.246. The van der Waals surface area contributed by atoms with Crippen molar-refractivity contribution in [3.05, 3.63) is 63.6 Å². The Balaban J connectivity index is 1.93. The zero-order chi connectivity index (χ0) is 18.3. The van der Waals surface area contributed by atoms with Crippen LogP contribution in [-0.2, 0) is 6.54 Å². The molecule has 8 heteroatoms. The first-order valence-electron chi connectivity index (χ1n) is 8.24. The SMILES string of the molecule is CN(C)CCn1ccc2nc3ccn(-c4ccn[nH]4)c(=O)c3cc2c1=O. The highest BCUT2D eigenvalue weighted by atomic mass is 16.1. The third kappa shape index (κ3) is 2.70. The molecule has 0 spiro atoms. The van der Waals surface area contributed by atoms with Crippen LogP contribution in [0.2, 0.25) is 0 Å². The van der Waals surface area contributed by atoms with E-state index in [-0.39, 0.29) is 11.1 Å². The Hall–Kier alpha value is -3.26. The van der Waals surface area contributed by atoms with Gasteiger partial charge in [0.25, 0.3) is 11.1 Å². The number of fused-ring (bicyclic) bond motifs is 2. The van der Waals surface area contributed by atoms with E-state index in [1.807, 2.05) is 25.1 Å². The second kappa shape index (κ2) is 6.23. The number of pyridine rings is 3. The molecule has 0 atom stereocenters. The predicted molar refractivity (Wildman–Crippen MR) is 99.8 cm³/mol. The van der Waals surface area contributed by atoms with Crippen molar-refractivity contribution in [1.82, 2.24) is 29.2 Å². The lowest BCUT2D eigenvalue weighted by molar-refractivity contribution is 0.381. The van der Waals surface area contributed by atoms with Crippen molar-refractivity contribution in [2.24, 2.45) is 0 Å². The summed E-state index contributed by atoms with van der Waals surface area (Å²) in [4.78, 5) is 32.1. The molecule has 0 aliphatic rings. The Kier molecular flexibility index (Phi) is 3.89. The van der Waals surface area contributed by atoms with Gasteiger partial charge in [0.1, 0.15) is 5.82 Å². The van der Waals surface area contributed by atoms with E-state index in [0.29, 0.717) is 34.2 Å². The molecule has 0 fully saturated rings. The maximum Gasteiger partial charge on any atom is 0.265 e. The van der Waals surface area contributed by atoms with Gasteiger partial charge in [0.2, 0.25) is 0 Å². The first kappa shape index (κ1) is 16.2. The highest BCUT2D eigenvalue weighted by Gasteiger charge is 2.11. The van der Waals surface area contributed by atoms with E-state index in [4.69, 9.17) is 0 Å². The lowest BCUT2D eigenvalue weighted by Gasteiger charge is -2.12. The van der Waals surface area contributed by atoms with Crippen molar-refractivity contribution >= 4 is 21.8 Å². The van der Waals surface area contributed by atoms with Gasteiger partial charge in [-0.25, -0.2) is 4.98 Å². The normalized spacial score (nSPS) is 11.7. The summed E-state index contributed by atoms with van der Waals surface area (Å²) < 4.78 is 3.10. The van der Waals surface area contributed by atoms with Gasteiger partial charge in [0.05, 0.1) is 28.0 Å². The fourth-order valence-corrected chi connectivity index (χ4v) is 2.92. The molecule has 4 rings (SSSR count). The van der Waals surface area contributed by atoms with Crippen molar-refractivity contribution in [2.45, 2.75) is 6.54 Å². The minimum absolute atomic E-state index is 0.143. The molecular weight excluding hydrogens is 332 g/mol. The van der Waals surface area contributed by atoms with Crippen molar-refractivity contribution in [1.29, 1.82) is 0 Å². The van der Waals surface area contributed by atoms with Crippen LogP contribution in [-0.4, -0.2) is 49.9 Å². The average Bonchev–Trinajstić information content (AvgIpc) is 3.15. The van der Waals surface area contributed by atoms with E-state index in [2.05, 4.69) is 15.2 Å². The van der Waals surface area contributed by atoms with Gasteiger partial charge in [-0.2, -0.15) is 5.10 Å².